The molecule has 0 saturated heterocycles. The van der Waals surface area contributed by atoms with E-state index in [4.69, 9.17) is 0 Å². The van der Waals surface area contributed by atoms with Gasteiger partial charge < -0.3 is 4.90 Å². The second kappa shape index (κ2) is 8.55. The molecule has 1 amide bonds. The summed E-state index contributed by atoms with van der Waals surface area (Å²) < 4.78 is 28.1. The molecule has 0 unspecified atom stereocenters. The number of benzene rings is 3. The van der Waals surface area contributed by atoms with Crippen molar-refractivity contribution in [1.29, 1.82) is 0 Å². The zero-order valence-corrected chi connectivity index (χ0v) is 18.6. The SMILES string of the molecule is CCN(c1ccccc1)S(=O)(=O)c1cccc(C(=O)N2CCCc3cc(C)ccc32)c1. The molecule has 31 heavy (non-hydrogen) atoms. The number of nitrogens with zero attached hydrogens (tertiary/aromatic N) is 2. The van der Waals surface area contributed by atoms with E-state index in [1.165, 1.54) is 15.9 Å². The fourth-order valence-corrected chi connectivity index (χ4v) is 5.62. The lowest BCUT2D eigenvalue weighted by molar-refractivity contribution is 0.0985. The van der Waals surface area contributed by atoms with Crippen LogP contribution in [0.3, 0.4) is 0 Å². The topological polar surface area (TPSA) is 57.7 Å². The molecule has 0 aromatic heterocycles. The smallest absolute Gasteiger partial charge is 0.264 e. The standard InChI is InChI=1S/C25H26N2O3S/c1-3-27(22-11-5-4-6-12-22)31(29,30)23-13-7-9-21(18-23)25(28)26-16-8-10-20-17-19(2)14-15-24(20)26/h4-7,9,11-15,17-18H,3,8,10,16H2,1-2H3. The summed E-state index contributed by atoms with van der Waals surface area (Å²) in [6, 6.07) is 21.5. The second-order valence-corrected chi connectivity index (χ2v) is 9.59. The number of sulfonamides is 1. The Kier molecular flexibility index (Phi) is 5.83. The van der Waals surface area contributed by atoms with E-state index in [1.54, 1.807) is 42.2 Å². The number of fused-ring (bicyclic) bond motifs is 1. The number of hydrogen-bond donors (Lipinski definition) is 0. The molecule has 0 aliphatic carbocycles. The summed E-state index contributed by atoms with van der Waals surface area (Å²) in [6.45, 7) is 4.76. The van der Waals surface area contributed by atoms with Crippen molar-refractivity contribution >= 4 is 27.3 Å². The summed E-state index contributed by atoms with van der Waals surface area (Å²) in [5, 5.41) is 0. The van der Waals surface area contributed by atoms with Crippen LogP contribution < -0.4 is 9.21 Å². The van der Waals surface area contributed by atoms with Gasteiger partial charge in [0.25, 0.3) is 15.9 Å². The zero-order chi connectivity index (χ0) is 22.0. The maximum absolute atomic E-state index is 13.4. The highest BCUT2D eigenvalue weighted by Crippen LogP contribution is 2.30. The van der Waals surface area contributed by atoms with Crippen molar-refractivity contribution in [2.75, 3.05) is 22.3 Å². The van der Waals surface area contributed by atoms with Crippen molar-refractivity contribution in [1.82, 2.24) is 0 Å². The molecule has 1 aliphatic heterocycles. The van der Waals surface area contributed by atoms with Gasteiger partial charge in [-0.3, -0.25) is 9.10 Å². The van der Waals surface area contributed by atoms with Gasteiger partial charge in [-0.15, -0.1) is 0 Å². The monoisotopic (exact) mass is 434 g/mol. The van der Waals surface area contributed by atoms with Crippen molar-refractivity contribution in [3.63, 3.8) is 0 Å². The van der Waals surface area contributed by atoms with Gasteiger partial charge in [0.05, 0.1) is 10.6 Å². The van der Waals surface area contributed by atoms with E-state index in [0.717, 1.165) is 24.1 Å². The van der Waals surface area contributed by atoms with Crippen LogP contribution in [0, 0.1) is 6.92 Å². The van der Waals surface area contributed by atoms with E-state index in [-0.39, 0.29) is 10.8 Å². The van der Waals surface area contributed by atoms with Gasteiger partial charge in [0.15, 0.2) is 0 Å². The third-order valence-corrected chi connectivity index (χ3v) is 7.50. The first-order chi connectivity index (χ1) is 14.9. The molecule has 0 saturated carbocycles. The number of rotatable bonds is 5. The van der Waals surface area contributed by atoms with Crippen molar-refractivity contribution in [2.45, 2.75) is 31.6 Å². The lowest BCUT2D eigenvalue weighted by Gasteiger charge is -2.30. The number of aryl methyl sites for hydroxylation is 2. The van der Waals surface area contributed by atoms with E-state index in [1.807, 2.05) is 37.3 Å². The quantitative estimate of drug-likeness (QED) is 0.579. The van der Waals surface area contributed by atoms with E-state index >= 15 is 0 Å². The Balaban J connectivity index is 1.68. The van der Waals surface area contributed by atoms with Crippen molar-refractivity contribution in [2.24, 2.45) is 0 Å². The fraction of sp³-hybridized carbons (Fsp3) is 0.240. The molecule has 1 heterocycles. The van der Waals surface area contributed by atoms with Crippen LogP contribution in [0.15, 0.2) is 77.7 Å². The average Bonchev–Trinajstić information content (AvgIpc) is 2.79. The highest BCUT2D eigenvalue weighted by atomic mass is 32.2. The van der Waals surface area contributed by atoms with E-state index in [0.29, 0.717) is 24.3 Å². The molecule has 160 valence electrons. The molecular weight excluding hydrogens is 408 g/mol. The minimum Gasteiger partial charge on any atom is -0.308 e. The summed E-state index contributed by atoms with van der Waals surface area (Å²) in [4.78, 5) is 15.2. The Morgan fingerprint density at radius 1 is 1.00 bits per heavy atom. The van der Waals surface area contributed by atoms with Crippen LogP contribution >= 0.6 is 0 Å². The molecule has 1 aliphatic rings. The van der Waals surface area contributed by atoms with Gasteiger partial charge in [0.2, 0.25) is 0 Å². The zero-order valence-electron chi connectivity index (χ0n) is 17.8. The minimum absolute atomic E-state index is 0.116. The molecule has 0 radical (unpaired) electrons. The Labute approximate surface area is 184 Å². The molecule has 4 rings (SSSR count). The molecule has 0 N–H and O–H groups in total. The number of amides is 1. The summed E-state index contributed by atoms with van der Waals surface area (Å²) in [5.74, 6) is -0.176. The Bertz CT molecular complexity index is 1210. The number of carbonyl (C=O) groups is 1. The molecule has 0 spiro atoms. The minimum atomic E-state index is -3.79. The van der Waals surface area contributed by atoms with Crippen LogP contribution in [0.5, 0.6) is 0 Å². The van der Waals surface area contributed by atoms with Crippen molar-refractivity contribution < 1.29 is 13.2 Å². The number of anilines is 2. The Hall–Kier alpha value is -3.12. The van der Waals surface area contributed by atoms with Crippen LogP contribution in [-0.4, -0.2) is 27.4 Å². The van der Waals surface area contributed by atoms with Gasteiger partial charge in [0, 0.05) is 24.3 Å². The van der Waals surface area contributed by atoms with Gasteiger partial charge in [-0.1, -0.05) is 42.0 Å². The molecule has 6 heteroatoms. The normalized spacial score (nSPS) is 13.5. The number of para-hydroxylation sites is 1. The van der Waals surface area contributed by atoms with Gasteiger partial charge in [-0.25, -0.2) is 8.42 Å². The number of hydrogen-bond acceptors (Lipinski definition) is 3. The first-order valence-corrected chi connectivity index (χ1v) is 11.9. The molecule has 0 bridgehead atoms. The van der Waals surface area contributed by atoms with E-state index in [2.05, 4.69) is 6.07 Å². The first kappa shape index (κ1) is 21.1. The largest absolute Gasteiger partial charge is 0.308 e. The van der Waals surface area contributed by atoms with Gasteiger partial charge in [0.1, 0.15) is 0 Å². The van der Waals surface area contributed by atoms with Crippen LogP contribution in [0.4, 0.5) is 11.4 Å². The molecular formula is C25H26N2O3S. The third-order valence-electron chi connectivity index (χ3n) is 5.60. The lowest BCUT2D eigenvalue weighted by Crippen LogP contribution is -2.36. The molecule has 3 aromatic rings. The third kappa shape index (κ3) is 4.08. The fourth-order valence-electron chi connectivity index (χ4n) is 4.10. The van der Waals surface area contributed by atoms with Crippen LogP contribution in [-0.2, 0) is 16.4 Å². The van der Waals surface area contributed by atoms with Gasteiger partial charge in [-0.2, -0.15) is 0 Å². The van der Waals surface area contributed by atoms with Crippen molar-refractivity contribution in [3.8, 4) is 0 Å². The first-order valence-electron chi connectivity index (χ1n) is 10.5. The van der Waals surface area contributed by atoms with Crippen molar-refractivity contribution in [3.05, 3.63) is 89.5 Å². The van der Waals surface area contributed by atoms with Crippen LogP contribution in [0.1, 0.15) is 34.8 Å². The number of carbonyl (C=O) groups excluding carboxylic acids is 1. The highest BCUT2D eigenvalue weighted by molar-refractivity contribution is 7.92. The van der Waals surface area contributed by atoms with Gasteiger partial charge >= 0.3 is 0 Å². The lowest BCUT2D eigenvalue weighted by atomic mass is 9.99. The summed E-state index contributed by atoms with van der Waals surface area (Å²) in [6.07, 6.45) is 1.83. The van der Waals surface area contributed by atoms with Gasteiger partial charge in [-0.05, 0) is 68.7 Å². The molecule has 5 nitrogen and oxygen atoms in total. The summed E-state index contributed by atoms with van der Waals surface area (Å²) in [7, 11) is -3.79. The highest BCUT2D eigenvalue weighted by Gasteiger charge is 2.27. The summed E-state index contributed by atoms with van der Waals surface area (Å²) >= 11 is 0. The average molecular weight is 435 g/mol. The maximum atomic E-state index is 13.4. The van der Waals surface area contributed by atoms with E-state index in [9.17, 15) is 13.2 Å². The summed E-state index contributed by atoms with van der Waals surface area (Å²) in [5.41, 5.74) is 4.21. The second-order valence-electron chi connectivity index (χ2n) is 7.73. The predicted molar refractivity (Wildman–Crippen MR) is 124 cm³/mol. The maximum Gasteiger partial charge on any atom is 0.264 e. The van der Waals surface area contributed by atoms with Crippen LogP contribution in [0.2, 0.25) is 0 Å². The van der Waals surface area contributed by atoms with E-state index < -0.39 is 10.0 Å². The Morgan fingerprint density at radius 3 is 2.52 bits per heavy atom. The molecule has 3 aromatic carbocycles. The molecule has 0 atom stereocenters. The molecule has 0 fully saturated rings. The predicted octanol–water partition coefficient (Wildman–Crippen LogP) is 4.80. The van der Waals surface area contributed by atoms with Crippen LogP contribution in [0.25, 0.3) is 0 Å². The Morgan fingerprint density at radius 2 is 1.77 bits per heavy atom.